The van der Waals surface area contributed by atoms with Crippen LogP contribution in [0.15, 0.2) is 59.5 Å². The first-order chi connectivity index (χ1) is 16.8. The number of carbonyl (C=O) groups excluding carboxylic acids is 2. The van der Waals surface area contributed by atoms with E-state index in [0.717, 1.165) is 11.6 Å². The quantitative estimate of drug-likeness (QED) is 0.582. The van der Waals surface area contributed by atoms with Crippen LogP contribution in [-0.2, 0) is 24.2 Å². The summed E-state index contributed by atoms with van der Waals surface area (Å²) in [6.45, 7) is 0.112. The van der Waals surface area contributed by atoms with Gasteiger partial charge in [-0.05, 0) is 18.1 Å². The third kappa shape index (κ3) is 4.17. The summed E-state index contributed by atoms with van der Waals surface area (Å²) in [5.74, 6) is -3.86. The molecule has 8 nitrogen and oxygen atoms in total. The lowest BCUT2D eigenvalue weighted by atomic mass is 10.0. The molecule has 0 bridgehead atoms. The molecule has 0 radical (unpaired) electrons. The van der Waals surface area contributed by atoms with Crippen molar-refractivity contribution in [3.63, 3.8) is 0 Å². The van der Waals surface area contributed by atoms with E-state index in [2.05, 4.69) is 5.32 Å². The van der Waals surface area contributed by atoms with E-state index in [1.54, 1.807) is 0 Å². The molecule has 2 aliphatic heterocycles. The Balaban J connectivity index is 1.39. The van der Waals surface area contributed by atoms with E-state index < -0.39 is 46.4 Å². The third-order valence-electron chi connectivity index (χ3n) is 6.24. The van der Waals surface area contributed by atoms with Crippen LogP contribution in [0.1, 0.15) is 32.0 Å². The maximum absolute atomic E-state index is 13.9. The molecule has 2 aromatic carbocycles. The highest BCUT2D eigenvalue weighted by molar-refractivity contribution is 5.99. The van der Waals surface area contributed by atoms with Crippen molar-refractivity contribution >= 4 is 11.8 Å². The zero-order chi connectivity index (χ0) is 24.7. The highest BCUT2D eigenvalue weighted by Gasteiger charge is 2.44. The van der Waals surface area contributed by atoms with Crippen LogP contribution in [0, 0.1) is 11.6 Å². The van der Waals surface area contributed by atoms with E-state index in [0.29, 0.717) is 19.1 Å². The predicted octanol–water partition coefficient (Wildman–Crippen LogP) is 2.19. The number of halogens is 2. The minimum Gasteiger partial charge on any atom is -0.503 e. The number of nitrogens with zero attached hydrogens (tertiary/aromatic N) is 2. The summed E-state index contributed by atoms with van der Waals surface area (Å²) in [4.78, 5) is 40.2. The van der Waals surface area contributed by atoms with Gasteiger partial charge in [-0.2, -0.15) is 0 Å². The van der Waals surface area contributed by atoms with Crippen LogP contribution in [0.5, 0.6) is 5.75 Å². The van der Waals surface area contributed by atoms with Crippen LogP contribution in [0.3, 0.4) is 0 Å². The smallest absolute Gasteiger partial charge is 0.276 e. The zero-order valence-electron chi connectivity index (χ0n) is 18.4. The molecule has 35 heavy (non-hydrogen) atoms. The highest BCUT2D eigenvalue weighted by Crippen LogP contribution is 2.31. The van der Waals surface area contributed by atoms with E-state index in [1.165, 1.54) is 21.7 Å². The molecular weight excluding hydrogens is 460 g/mol. The van der Waals surface area contributed by atoms with Crippen molar-refractivity contribution in [1.29, 1.82) is 0 Å². The molecular formula is C25H21F2N3O5. The number of carbonyl (C=O) groups is 2. The van der Waals surface area contributed by atoms with Gasteiger partial charge in [0.25, 0.3) is 11.8 Å². The number of amides is 2. The van der Waals surface area contributed by atoms with E-state index >= 15 is 0 Å². The fourth-order valence-electron chi connectivity index (χ4n) is 4.50. The number of aromatic hydroxyl groups is 1. The summed E-state index contributed by atoms with van der Waals surface area (Å²) in [7, 11) is 0. The lowest BCUT2D eigenvalue weighted by Gasteiger charge is -2.34. The average molecular weight is 481 g/mol. The van der Waals surface area contributed by atoms with E-state index in [4.69, 9.17) is 4.74 Å². The Hall–Kier alpha value is -4.05. The zero-order valence-corrected chi connectivity index (χ0v) is 18.4. The van der Waals surface area contributed by atoms with Crippen molar-refractivity contribution in [2.75, 3.05) is 6.61 Å². The van der Waals surface area contributed by atoms with Crippen molar-refractivity contribution in [3.05, 3.63) is 99.0 Å². The number of hydrogen-bond acceptors (Lipinski definition) is 5. The summed E-state index contributed by atoms with van der Waals surface area (Å²) >= 11 is 0. The summed E-state index contributed by atoms with van der Waals surface area (Å²) in [5.41, 5.74) is -0.590. The fourth-order valence-corrected chi connectivity index (χ4v) is 4.50. The molecule has 3 heterocycles. The number of ether oxygens (including phenoxy) is 1. The minimum atomic E-state index is -1.01. The molecule has 0 saturated carbocycles. The van der Waals surface area contributed by atoms with Crippen molar-refractivity contribution in [3.8, 4) is 5.75 Å². The standard InChI is InChI=1S/C25H21F2N3O5/c26-16-7-6-15(19(27)9-16)10-28-24(33)18-11-29-12-20-30(25(34)21(29)23(32)22(18)31)17(13-35-20)8-14-4-2-1-3-5-14/h1-7,9,11,17,20,32H,8,10,12-13H2,(H,28,33). The largest absolute Gasteiger partial charge is 0.503 e. The predicted molar refractivity (Wildman–Crippen MR) is 120 cm³/mol. The molecule has 1 saturated heterocycles. The van der Waals surface area contributed by atoms with Crippen molar-refractivity contribution in [2.24, 2.45) is 0 Å². The first kappa shape index (κ1) is 22.7. The molecule has 5 rings (SSSR count). The Morgan fingerprint density at radius 3 is 2.66 bits per heavy atom. The number of nitrogens with one attached hydrogen (secondary N) is 1. The maximum atomic E-state index is 13.9. The number of hydrogen-bond donors (Lipinski definition) is 2. The summed E-state index contributed by atoms with van der Waals surface area (Å²) < 4.78 is 34.1. The molecule has 2 aliphatic rings. The van der Waals surface area contributed by atoms with Crippen LogP contribution < -0.4 is 10.7 Å². The topological polar surface area (TPSA) is 101 Å². The van der Waals surface area contributed by atoms with Gasteiger partial charge in [0.1, 0.15) is 17.2 Å². The molecule has 1 aromatic heterocycles. The molecule has 0 aliphatic carbocycles. The average Bonchev–Trinajstić information content (AvgIpc) is 3.23. The molecule has 180 valence electrons. The van der Waals surface area contributed by atoms with Crippen LogP contribution >= 0.6 is 0 Å². The Kier molecular flexibility index (Phi) is 5.81. The van der Waals surface area contributed by atoms with Gasteiger partial charge < -0.3 is 24.6 Å². The molecule has 10 heteroatoms. The Labute approximate surface area is 198 Å². The number of pyridine rings is 1. The molecule has 3 aromatic rings. The molecule has 2 N–H and O–H groups in total. The Morgan fingerprint density at radius 1 is 1.14 bits per heavy atom. The van der Waals surface area contributed by atoms with Crippen molar-refractivity contribution < 1.29 is 28.2 Å². The highest BCUT2D eigenvalue weighted by atomic mass is 19.1. The number of aromatic nitrogens is 1. The Bertz CT molecular complexity index is 1380. The first-order valence-corrected chi connectivity index (χ1v) is 11.0. The van der Waals surface area contributed by atoms with Crippen LogP contribution in [0.25, 0.3) is 0 Å². The van der Waals surface area contributed by atoms with Crippen LogP contribution in [-0.4, -0.2) is 45.3 Å². The maximum Gasteiger partial charge on any atom is 0.276 e. The van der Waals surface area contributed by atoms with Gasteiger partial charge in [-0.3, -0.25) is 14.4 Å². The van der Waals surface area contributed by atoms with Gasteiger partial charge in [0.15, 0.2) is 17.7 Å². The fraction of sp³-hybridized carbons (Fsp3) is 0.240. The van der Waals surface area contributed by atoms with E-state index in [9.17, 15) is 28.3 Å². The summed E-state index contributed by atoms with van der Waals surface area (Å²) in [6, 6.07) is 12.2. The van der Waals surface area contributed by atoms with E-state index in [-0.39, 0.29) is 30.4 Å². The number of fused-ring (bicyclic) bond motifs is 2. The number of rotatable bonds is 5. The SMILES string of the molecule is O=C(NCc1ccc(F)cc1F)c1cn2c(c(O)c1=O)C(=O)N1C(Cc3ccccc3)COC1C2. The second-order valence-corrected chi connectivity index (χ2v) is 8.48. The summed E-state index contributed by atoms with van der Waals surface area (Å²) in [5, 5.41) is 13.0. The summed E-state index contributed by atoms with van der Waals surface area (Å²) in [6.07, 6.45) is 1.13. The van der Waals surface area contributed by atoms with Gasteiger partial charge in [0.2, 0.25) is 5.43 Å². The normalized spacial score (nSPS) is 18.8. The van der Waals surface area contributed by atoms with Gasteiger partial charge >= 0.3 is 0 Å². The first-order valence-electron chi connectivity index (χ1n) is 11.0. The van der Waals surface area contributed by atoms with Gasteiger partial charge in [-0.15, -0.1) is 0 Å². The third-order valence-corrected chi connectivity index (χ3v) is 6.24. The lowest BCUT2D eigenvalue weighted by Crippen LogP contribution is -2.50. The molecule has 2 unspecified atom stereocenters. The van der Waals surface area contributed by atoms with Crippen LogP contribution in [0.2, 0.25) is 0 Å². The number of benzene rings is 2. The van der Waals surface area contributed by atoms with Crippen LogP contribution in [0.4, 0.5) is 8.78 Å². The molecule has 1 fully saturated rings. The van der Waals surface area contributed by atoms with E-state index in [1.807, 2.05) is 30.3 Å². The van der Waals surface area contributed by atoms with Gasteiger partial charge in [-0.25, -0.2) is 8.78 Å². The lowest BCUT2D eigenvalue weighted by molar-refractivity contribution is 0.00575. The van der Waals surface area contributed by atoms with Crippen molar-refractivity contribution in [1.82, 2.24) is 14.8 Å². The molecule has 2 amide bonds. The second-order valence-electron chi connectivity index (χ2n) is 8.48. The van der Waals surface area contributed by atoms with Gasteiger partial charge in [0.05, 0.1) is 19.2 Å². The molecule has 0 spiro atoms. The van der Waals surface area contributed by atoms with Crippen molar-refractivity contribution in [2.45, 2.75) is 31.8 Å². The minimum absolute atomic E-state index is 0.0247. The Morgan fingerprint density at radius 2 is 1.91 bits per heavy atom. The van der Waals surface area contributed by atoms with Gasteiger partial charge in [0, 0.05) is 24.4 Å². The monoisotopic (exact) mass is 481 g/mol. The second kappa shape index (κ2) is 8.95. The molecule has 2 atom stereocenters. The van der Waals surface area contributed by atoms with Gasteiger partial charge in [-0.1, -0.05) is 36.4 Å².